The Kier molecular flexibility index (Phi) is 5.06. The van der Waals surface area contributed by atoms with Crippen molar-refractivity contribution in [2.45, 2.75) is 50.6 Å². The van der Waals surface area contributed by atoms with Gasteiger partial charge in [0.25, 0.3) is 0 Å². The van der Waals surface area contributed by atoms with Gasteiger partial charge >= 0.3 is 0 Å². The lowest BCUT2D eigenvalue weighted by Gasteiger charge is -2.25. The van der Waals surface area contributed by atoms with Gasteiger partial charge in [-0.15, -0.1) is 0 Å². The normalized spacial score (nSPS) is 18.1. The Morgan fingerprint density at radius 3 is 2.63 bits per heavy atom. The lowest BCUT2D eigenvalue weighted by Crippen LogP contribution is -2.33. The molecule has 1 saturated carbocycles. The van der Waals surface area contributed by atoms with Gasteiger partial charge in [0.1, 0.15) is 11.5 Å². The highest BCUT2D eigenvalue weighted by molar-refractivity contribution is 5.78. The summed E-state index contributed by atoms with van der Waals surface area (Å²) in [5, 5.41) is 0. The zero-order chi connectivity index (χ0) is 18.8. The number of hydrogen-bond donors (Lipinski definition) is 0. The molecule has 2 aromatic rings. The summed E-state index contributed by atoms with van der Waals surface area (Å²) in [5.74, 6) is 2.20. The Hall–Kier alpha value is -2.49. The first kappa shape index (κ1) is 17.9. The van der Waals surface area contributed by atoms with Crippen molar-refractivity contribution >= 4 is 5.91 Å². The average Bonchev–Trinajstić information content (AvgIpc) is 3.47. The number of benzene rings is 2. The molecule has 2 aliphatic rings. The largest absolute Gasteiger partial charge is 0.497 e. The first-order valence-corrected chi connectivity index (χ1v) is 9.77. The molecule has 0 radical (unpaired) electrons. The Morgan fingerprint density at radius 2 is 1.89 bits per heavy atom. The maximum absolute atomic E-state index is 13.2. The Bertz CT molecular complexity index is 828. The van der Waals surface area contributed by atoms with Crippen LogP contribution in [0.3, 0.4) is 0 Å². The second kappa shape index (κ2) is 7.63. The third kappa shape index (κ3) is 3.80. The Labute approximate surface area is 161 Å². The highest BCUT2D eigenvalue weighted by Crippen LogP contribution is 2.38. The second-order valence-electron chi connectivity index (χ2n) is 7.57. The SMILES string of the molecule is COc1ccc(OC)c(CN(C(=O)CC2CCc3ccccc32)C2CC2)c1. The van der Waals surface area contributed by atoms with Gasteiger partial charge in [-0.1, -0.05) is 24.3 Å². The van der Waals surface area contributed by atoms with Crippen LogP contribution in [0.4, 0.5) is 0 Å². The summed E-state index contributed by atoms with van der Waals surface area (Å²) < 4.78 is 10.9. The quantitative estimate of drug-likeness (QED) is 0.734. The molecular weight excluding hydrogens is 338 g/mol. The number of ether oxygens (including phenoxy) is 2. The van der Waals surface area contributed by atoms with Crippen LogP contribution in [-0.2, 0) is 17.8 Å². The van der Waals surface area contributed by atoms with Crippen molar-refractivity contribution in [3.8, 4) is 11.5 Å². The molecule has 1 unspecified atom stereocenters. The van der Waals surface area contributed by atoms with Gasteiger partial charge in [-0.25, -0.2) is 0 Å². The smallest absolute Gasteiger partial charge is 0.223 e. The first-order valence-electron chi connectivity index (χ1n) is 9.77. The summed E-state index contributed by atoms with van der Waals surface area (Å²) >= 11 is 0. The number of amides is 1. The molecule has 1 amide bonds. The summed E-state index contributed by atoms with van der Waals surface area (Å²) in [6.45, 7) is 0.582. The molecule has 1 fully saturated rings. The number of nitrogens with zero attached hydrogens (tertiary/aromatic N) is 1. The number of rotatable bonds is 7. The molecule has 2 aromatic carbocycles. The van der Waals surface area contributed by atoms with Crippen LogP contribution in [0, 0.1) is 0 Å². The lowest BCUT2D eigenvalue weighted by atomic mass is 9.97. The maximum atomic E-state index is 13.2. The summed E-state index contributed by atoms with van der Waals surface area (Å²) in [6, 6.07) is 14.7. The highest BCUT2D eigenvalue weighted by atomic mass is 16.5. The molecule has 0 spiro atoms. The van der Waals surface area contributed by atoms with Crippen LogP contribution in [-0.4, -0.2) is 31.1 Å². The molecule has 1 atom stereocenters. The van der Waals surface area contributed by atoms with Crippen LogP contribution in [0.1, 0.15) is 48.3 Å². The third-order valence-corrected chi connectivity index (χ3v) is 5.81. The topological polar surface area (TPSA) is 38.8 Å². The van der Waals surface area contributed by atoms with Crippen molar-refractivity contribution in [2.75, 3.05) is 14.2 Å². The minimum Gasteiger partial charge on any atom is -0.497 e. The number of carbonyl (C=O) groups excluding carboxylic acids is 1. The molecule has 2 aliphatic carbocycles. The van der Waals surface area contributed by atoms with Gasteiger partial charge in [0, 0.05) is 24.6 Å². The zero-order valence-electron chi connectivity index (χ0n) is 16.1. The van der Waals surface area contributed by atoms with E-state index in [9.17, 15) is 4.79 Å². The fraction of sp³-hybridized carbons (Fsp3) is 0.435. The van der Waals surface area contributed by atoms with E-state index in [0.29, 0.717) is 24.9 Å². The zero-order valence-corrected chi connectivity index (χ0v) is 16.1. The van der Waals surface area contributed by atoms with Crippen molar-refractivity contribution in [1.82, 2.24) is 4.90 Å². The van der Waals surface area contributed by atoms with Gasteiger partial charge < -0.3 is 14.4 Å². The standard InChI is InChI=1S/C23H27NO3/c1-26-20-11-12-22(27-2)18(13-20)15-24(19-9-10-19)23(25)14-17-8-7-16-5-3-4-6-21(16)17/h3-6,11-13,17,19H,7-10,14-15H2,1-2H3. The second-order valence-corrected chi connectivity index (χ2v) is 7.57. The van der Waals surface area contributed by atoms with Crippen LogP contribution >= 0.6 is 0 Å². The van der Waals surface area contributed by atoms with E-state index in [1.54, 1.807) is 14.2 Å². The molecule has 0 N–H and O–H groups in total. The minimum atomic E-state index is 0.254. The minimum absolute atomic E-state index is 0.254. The molecule has 4 nitrogen and oxygen atoms in total. The van der Waals surface area contributed by atoms with Crippen LogP contribution in [0.25, 0.3) is 0 Å². The number of fused-ring (bicyclic) bond motifs is 1. The predicted molar refractivity (Wildman–Crippen MR) is 105 cm³/mol. The molecule has 0 heterocycles. The molecule has 0 saturated heterocycles. The van der Waals surface area contributed by atoms with E-state index in [0.717, 1.165) is 42.7 Å². The summed E-state index contributed by atoms with van der Waals surface area (Å²) in [7, 11) is 3.33. The molecule has 0 aromatic heterocycles. The monoisotopic (exact) mass is 365 g/mol. The van der Waals surface area contributed by atoms with E-state index < -0.39 is 0 Å². The number of carbonyl (C=O) groups is 1. The van der Waals surface area contributed by atoms with Crippen molar-refractivity contribution < 1.29 is 14.3 Å². The van der Waals surface area contributed by atoms with Gasteiger partial charge in [-0.05, 0) is 60.9 Å². The summed E-state index contributed by atoms with van der Waals surface area (Å²) in [5.41, 5.74) is 3.77. The van der Waals surface area contributed by atoms with Crippen LogP contribution < -0.4 is 9.47 Å². The van der Waals surface area contributed by atoms with Crippen molar-refractivity contribution in [2.24, 2.45) is 0 Å². The maximum Gasteiger partial charge on any atom is 0.223 e. The van der Waals surface area contributed by atoms with E-state index in [2.05, 4.69) is 29.2 Å². The van der Waals surface area contributed by atoms with Crippen LogP contribution in [0.5, 0.6) is 11.5 Å². The van der Waals surface area contributed by atoms with Gasteiger partial charge in [0.15, 0.2) is 0 Å². The van der Waals surface area contributed by atoms with Gasteiger partial charge in [0.2, 0.25) is 5.91 Å². The molecule has 0 aliphatic heterocycles. The Balaban J connectivity index is 1.51. The summed E-state index contributed by atoms with van der Waals surface area (Å²) in [6.07, 6.45) is 4.95. The van der Waals surface area contributed by atoms with Gasteiger partial charge in [-0.3, -0.25) is 4.79 Å². The van der Waals surface area contributed by atoms with Crippen molar-refractivity contribution in [3.63, 3.8) is 0 Å². The highest BCUT2D eigenvalue weighted by Gasteiger charge is 2.35. The predicted octanol–water partition coefficient (Wildman–Crippen LogP) is 4.31. The molecule has 0 bridgehead atoms. The van der Waals surface area contributed by atoms with Crippen molar-refractivity contribution in [3.05, 3.63) is 59.2 Å². The first-order chi connectivity index (χ1) is 13.2. The van der Waals surface area contributed by atoms with Gasteiger partial charge in [-0.2, -0.15) is 0 Å². The summed E-state index contributed by atoms with van der Waals surface area (Å²) in [4.78, 5) is 15.3. The fourth-order valence-electron chi connectivity index (χ4n) is 4.18. The number of methoxy groups -OCH3 is 2. The average molecular weight is 365 g/mol. The number of aryl methyl sites for hydroxylation is 1. The lowest BCUT2D eigenvalue weighted by molar-refractivity contribution is -0.132. The molecule has 4 heteroatoms. The fourth-order valence-corrected chi connectivity index (χ4v) is 4.18. The van der Waals surface area contributed by atoms with Crippen LogP contribution in [0.2, 0.25) is 0 Å². The van der Waals surface area contributed by atoms with E-state index in [4.69, 9.17) is 9.47 Å². The third-order valence-electron chi connectivity index (χ3n) is 5.81. The number of hydrogen-bond acceptors (Lipinski definition) is 3. The van der Waals surface area contributed by atoms with Crippen molar-refractivity contribution in [1.29, 1.82) is 0 Å². The molecule has 142 valence electrons. The molecule has 27 heavy (non-hydrogen) atoms. The molecule has 4 rings (SSSR count). The van der Waals surface area contributed by atoms with E-state index in [1.165, 1.54) is 11.1 Å². The molecular formula is C23H27NO3. The van der Waals surface area contributed by atoms with Gasteiger partial charge in [0.05, 0.1) is 14.2 Å². The Morgan fingerprint density at radius 1 is 1.07 bits per heavy atom. The van der Waals surface area contributed by atoms with E-state index >= 15 is 0 Å². The van der Waals surface area contributed by atoms with E-state index in [-0.39, 0.29) is 5.91 Å². The van der Waals surface area contributed by atoms with E-state index in [1.807, 2.05) is 18.2 Å². The van der Waals surface area contributed by atoms with Crippen LogP contribution in [0.15, 0.2) is 42.5 Å².